The van der Waals surface area contributed by atoms with E-state index in [-0.39, 0.29) is 11.5 Å². The molecule has 0 atom stereocenters. The van der Waals surface area contributed by atoms with Crippen LogP contribution in [0.25, 0.3) is 0 Å². The third kappa shape index (κ3) is 4.94. The molecule has 1 heterocycles. The van der Waals surface area contributed by atoms with Crippen molar-refractivity contribution >= 4 is 15.9 Å². The number of rotatable bonds is 4. The second-order valence-electron chi connectivity index (χ2n) is 5.89. The molecule has 9 heteroatoms. The van der Waals surface area contributed by atoms with E-state index in [0.29, 0.717) is 32.5 Å². The number of piperidine rings is 1. The van der Waals surface area contributed by atoms with Crippen LogP contribution >= 0.6 is 0 Å². The summed E-state index contributed by atoms with van der Waals surface area (Å²) in [4.78, 5) is 12.0. The molecule has 0 spiro atoms. The van der Waals surface area contributed by atoms with E-state index in [1.54, 1.807) is 0 Å². The summed E-state index contributed by atoms with van der Waals surface area (Å²) < 4.78 is 62.2. The van der Waals surface area contributed by atoms with Gasteiger partial charge >= 0.3 is 6.18 Å². The van der Waals surface area contributed by atoms with Crippen LogP contribution in [0.2, 0.25) is 0 Å². The maximum atomic E-state index is 12.7. The number of carbonyl (C=O) groups is 1. The number of sulfonamides is 1. The minimum atomic E-state index is -4.49. The summed E-state index contributed by atoms with van der Waals surface area (Å²) in [7, 11) is -3.20. The summed E-state index contributed by atoms with van der Waals surface area (Å²) in [6, 6.07) is 4.26. The van der Waals surface area contributed by atoms with E-state index in [1.807, 2.05) is 0 Å². The van der Waals surface area contributed by atoms with Crippen molar-refractivity contribution < 1.29 is 26.4 Å². The second-order valence-corrected chi connectivity index (χ2v) is 7.88. The molecule has 134 valence electrons. The minimum absolute atomic E-state index is 0.0432. The lowest BCUT2D eigenvalue weighted by Gasteiger charge is -2.30. The Balaban J connectivity index is 1.88. The van der Waals surface area contributed by atoms with Crippen LogP contribution in [0.1, 0.15) is 28.8 Å². The fourth-order valence-corrected chi connectivity index (χ4v) is 3.50. The highest BCUT2D eigenvalue weighted by Crippen LogP contribution is 2.29. The third-order valence-corrected chi connectivity index (χ3v) is 5.35. The molecule has 1 saturated heterocycles. The van der Waals surface area contributed by atoms with Crippen molar-refractivity contribution in [3.8, 4) is 0 Å². The van der Waals surface area contributed by atoms with E-state index in [2.05, 4.69) is 5.32 Å². The molecule has 0 unspecified atom stereocenters. The number of hydrogen-bond donors (Lipinski definition) is 1. The average Bonchev–Trinajstić information content (AvgIpc) is 2.51. The maximum absolute atomic E-state index is 12.7. The summed E-state index contributed by atoms with van der Waals surface area (Å²) in [5, 5.41) is 2.63. The highest BCUT2D eigenvalue weighted by atomic mass is 32.2. The van der Waals surface area contributed by atoms with Crippen molar-refractivity contribution in [2.45, 2.75) is 19.0 Å². The largest absolute Gasteiger partial charge is 0.416 e. The van der Waals surface area contributed by atoms with E-state index in [1.165, 1.54) is 16.4 Å². The molecule has 0 bridgehead atoms. The van der Waals surface area contributed by atoms with Crippen molar-refractivity contribution in [3.63, 3.8) is 0 Å². The van der Waals surface area contributed by atoms with Crippen molar-refractivity contribution in [2.75, 3.05) is 25.9 Å². The zero-order chi connectivity index (χ0) is 18.0. The van der Waals surface area contributed by atoms with E-state index in [4.69, 9.17) is 0 Å². The lowest BCUT2D eigenvalue weighted by molar-refractivity contribution is -0.137. The van der Waals surface area contributed by atoms with Crippen LogP contribution in [0.3, 0.4) is 0 Å². The highest BCUT2D eigenvalue weighted by Gasteiger charge is 2.31. The maximum Gasteiger partial charge on any atom is 0.416 e. The van der Waals surface area contributed by atoms with Crippen LogP contribution in [0.15, 0.2) is 24.3 Å². The number of nitrogens with one attached hydrogen (secondary N) is 1. The Morgan fingerprint density at radius 2 is 1.92 bits per heavy atom. The van der Waals surface area contributed by atoms with Crippen molar-refractivity contribution in [1.29, 1.82) is 0 Å². The van der Waals surface area contributed by atoms with Gasteiger partial charge in [0.05, 0.1) is 11.8 Å². The smallest absolute Gasteiger partial charge is 0.352 e. The van der Waals surface area contributed by atoms with E-state index < -0.39 is 27.7 Å². The topological polar surface area (TPSA) is 66.5 Å². The molecule has 1 aromatic carbocycles. The number of nitrogens with zero attached hydrogens (tertiary/aromatic N) is 1. The summed E-state index contributed by atoms with van der Waals surface area (Å²) in [6.07, 6.45) is -2.12. The van der Waals surface area contributed by atoms with Crippen molar-refractivity contribution in [2.24, 2.45) is 5.92 Å². The number of hydrogen-bond acceptors (Lipinski definition) is 3. The fourth-order valence-electron chi connectivity index (χ4n) is 2.62. The number of carbonyl (C=O) groups excluding carboxylic acids is 1. The van der Waals surface area contributed by atoms with Crippen LogP contribution in [0.5, 0.6) is 0 Å². The Hall–Kier alpha value is -1.61. The Bertz CT molecular complexity index is 696. The molecule has 0 aromatic heterocycles. The van der Waals surface area contributed by atoms with Crippen LogP contribution < -0.4 is 5.32 Å². The first kappa shape index (κ1) is 18.7. The normalized spacial score (nSPS) is 17.7. The van der Waals surface area contributed by atoms with Crippen LogP contribution in [0, 0.1) is 5.92 Å². The van der Waals surface area contributed by atoms with Gasteiger partial charge in [-0.1, -0.05) is 6.07 Å². The molecule has 24 heavy (non-hydrogen) atoms. The van der Waals surface area contributed by atoms with E-state index in [0.717, 1.165) is 18.4 Å². The van der Waals surface area contributed by atoms with Crippen LogP contribution in [-0.4, -0.2) is 44.5 Å². The Morgan fingerprint density at radius 3 is 2.46 bits per heavy atom. The van der Waals surface area contributed by atoms with E-state index >= 15 is 0 Å². The molecule has 1 amide bonds. The average molecular weight is 364 g/mol. The summed E-state index contributed by atoms with van der Waals surface area (Å²) in [6.45, 7) is 1.10. The Morgan fingerprint density at radius 1 is 1.29 bits per heavy atom. The molecular formula is C15H19F3N2O3S. The van der Waals surface area contributed by atoms with Crippen LogP contribution in [-0.2, 0) is 16.2 Å². The highest BCUT2D eigenvalue weighted by molar-refractivity contribution is 7.88. The van der Waals surface area contributed by atoms with Gasteiger partial charge in [0.15, 0.2) is 0 Å². The summed E-state index contributed by atoms with van der Waals surface area (Å²) in [5.41, 5.74) is -0.907. The fraction of sp³-hybridized carbons (Fsp3) is 0.533. The second kappa shape index (κ2) is 7.10. The van der Waals surface area contributed by atoms with E-state index in [9.17, 15) is 26.4 Å². The van der Waals surface area contributed by atoms with Gasteiger partial charge < -0.3 is 5.32 Å². The molecule has 0 saturated carbocycles. The summed E-state index contributed by atoms with van der Waals surface area (Å²) >= 11 is 0. The molecule has 0 aliphatic carbocycles. The molecule has 1 N–H and O–H groups in total. The molecule has 1 fully saturated rings. The minimum Gasteiger partial charge on any atom is -0.352 e. The van der Waals surface area contributed by atoms with Gasteiger partial charge in [0.1, 0.15) is 0 Å². The number of halogens is 3. The van der Waals surface area contributed by atoms with Gasteiger partial charge in [-0.05, 0) is 37.0 Å². The van der Waals surface area contributed by atoms with Gasteiger partial charge in [0.25, 0.3) is 5.91 Å². The van der Waals surface area contributed by atoms with Gasteiger partial charge in [-0.25, -0.2) is 12.7 Å². The number of amides is 1. The Kier molecular flexibility index (Phi) is 5.54. The van der Waals surface area contributed by atoms with Crippen molar-refractivity contribution in [1.82, 2.24) is 9.62 Å². The van der Waals surface area contributed by atoms with Gasteiger partial charge in [-0.2, -0.15) is 13.2 Å². The van der Waals surface area contributed by atoms with Gasteiger partial charge in [0.2, 0.25) is 10.0 Å². The predicted molar refractivity (Wildman–Crippen MR) is 82.9 cm³/mol. The number of benzene rings is 1. The molecule has 1 aliphatic heterocycles. The molecule has 2 rings (SSSR count). The lowest BCUT2D eigenvalue weighted by Crippen LogP contribution is -2.41. The molecule has 1 aromatic rings. The van der Waals surface area contributed by atoms with Crippen molar-refractivity contribution in [3.05, 3.63) is 35.4 Å². The van der Waals surface area contributed by atoms with Crippen LogP contribution in [0.4, 0.5) is 13.2 Å². The quantitative estimate of drug-likeness (QED) is 0.890. The zero-order valence-corrected chi connectivity index (χ0v) is 14.0. The third-order valence-electron chi connectivity index (χ3n) is 4.05. The first-order valence-corrected chi connectivity index (χ1v) is 9.33. The molecule has 1 aliphatic rings. The van der Waals surface area contributed by atoms with Gasteiger partial charge in [-0.15, -0.1) is 0 Å². The summed E-state index contributed by atoms with van der Waals surface area (Å²) in [5.74, 6) is -0.454. The monoisotopic (exact) mass is 364 g/mol. The first-order valence-electron chi connectivity index (χ1n) is 7.48. The molecule has 0 radical (unpaired) electrons. The predicted octanol–water partition coefficient (Wildman–Crippen LogP) is 2.11. The standard InChI is InChI=1S/C15H19F3N2O3S/c1-24(22,23)20-7-5-11(6-8-20)10-19-14(21)12-3-2-4-13(9-12)15(16,17)18/h2-4,9,11H,5-8,10H2,1H3,(H,19,21). The van der Waals surface area contributed by atoms with Gasteiger partial charge in [-0.3, -0.25) is 4.79 Å². The first-order chi connectivity index (χ1) is 11.1. The Labute approximate surface area is 138 Å². The van der Waals surface area contributed by atoms with Gasteiger partial charge in [0, 0.05) is 25.2 Å². The molecular weight excluding hydrogens is 345 g/mol. The SMILES string of the molecule is CS(=O)(=O)N1CCC(CNC(=O)c2cccc(C(F)(F)F)c2)CC1. The zero-order valence-electron chi connectivity index (χ0n) is 13.1. The number of alkyl halides is 3. The lowest BCUT2D eigenvalue weighted by atomic mass is 9.98. The molecule has 5 nitrogen and oxygen atoms in total.